The molecule has 0 saturated carbocycles. The van der Waals surface area contributed by atoms with Crippen LogP contribution in [0.25, 0.3) is 0 Å². The summed E-state index contributed by atoms with van der Waals surface area (Å²) in [4.78, 5) is 25.3. The number of nitrogens with one attached hydrogen (secondary N) is 1. The normalized spacial score (nSPS) is 15.0. The monoisotopic (exact) mass is 793 g/mol. The van der Waals surface area contributed by atoms with Gasteiger partial charge in [-0.3, -0.25) is 9.36 Å². The number of phosphoric ester groups is 1. The Morgan fingerprint density at radius 2 is 1.07 bits per heavy atom. The van der Waals surface area contributed by atoms with Crippen LogP contribution >= 0.6 is 7.82 Å². The molecule has 0 fully saturated rings. The minimum Gasteiger partial charge on any atom is -0.756 e. The van der Waals surface area contributed by atoms with Gasteiger partial charge in [0, 0.05) is 6.42 Å². The van der Waals surface area contributed by atoms with Gasteiger partial charge in [0.25, 0.3) is 7.82 Å². The molecule has 0 rings (SSSR count). The molecular formula is C46H85N2O6P. The maximum absolute atomic E-state index is 12.8. The SMILES string of the molecule is CCCCCC/C=C\C/C=C\CCCCCCCC(=O)NC(COP(=O)([O-])OCC[N+](C)(C)C)C(O)/C=C/CC/C=C/CC/C=C/CCCCCCCCC. The van der Waals surface area contributed by atoms with E-state index in [0.717, 1.165) is 70.6 Å². The lowest BCUT2D eigenvalue weighted by Crippen LogP contribution is -2.45. The van der Waals surface area contributed by atoms with Crippen LogP contribution in [-0.2, 0) is 18.4 Å². The van der Waals surface area contributed by atoms with Crippen LogP contribution in [0.5, 0.6) is 0 Å². The third-order valence-electron chi connectivity index (χ3n) is 9.43. The molecule has 55 heavy (non-hydrogen) atoms. The van der Waals surface area contributed by atoms with Crippen molar-refractivity contribution in [3.8, 4) is 0 Å². The Hall–Kier alpha value is -1.80. The summed E-state index contributed by atoms with van der Waals surface area (Å²) < 4.78 is 23.2. The molecule has 0 bridgehead atoms. The van der Waals surface area contributed by atoms with Crippen molar-refractivity contribution in [2.45, 2.75) is 187 Å². The van der Waals surface area contributed by atoms with Crippen molar-refractivity contribution >= 4 is 13.7 Å². The summed E-state index contributed by atoms with van der Waals surface area (Å²) in [6.07, 6.45) is 48.3. The third kappa shape index (κ3) is 40.2. The Morgan fingerprint density at radius 1 is 0.636 bits per heavy atom. The van der Waals surface area contributed by atoms with Crippen LogP contribution in [-0.4, -0.2) is 68.5 Å². The topological polar surface area (TPSA) is 108 Å². The Morgan fingerprint density at radius 3 is 1.60 bits per heavy atom. The first kappa shape index (κ1) is 53.2. The number of aliphatic hydroxyl groups is 1. The zero-order chi connectivity index (χ0) is 40.7. The molecular weight excluding hydrogens is 707 g/mol. The van der Waals surface area contributed by atoms with Gasteiger partial charge < -0.3 is 28.8 Å². The molecule has 320 valence electrons. The van der Waals surface area contributed by atoms with Crippen molar-refractivity contribution in [3.05, 3.63) is 60.8 Å². The zero-order valence-electron chi connectivity index (χ0n) is 36.1. The Labute approximate surface area is 339 Å². The summed E-state index contributed by atoms with van der Waals surface area (Å²) in [5, 5.41) is 13.7. The lowest BCUT2D eigenvalue weighted by Gasteiger charge is -2.29. The summed E-state index contributed by atoms with van der Waals surface area (Å²) in [6.45, 7) is 4.56. The molecule has 0 saturated heterocycles. The molecule has 2 N–H and O–H groups in total. The molecule has 0 heterocycles. The number of rotatable bonds is 39. The molecule has 1 amide bonds. The number of likely N-dealkylation sites (N-methyl/N-ethyl adjacent to an activating group) is 1. The van der Waals surface area contributed by atoms with E-state index in [-0.39, 0.29) is 12.5 Å². The van der Waals surface area contributed by atoms with Gasteiger partial charge in [0.15, 0.2) is 0 Å². The molecule has 0 radical (unpaired) electrons. The predicted molar refractivity (Wildman–Crippen MR) is 233 cm³/mol. The van der Waals surface area contributed by atoms with Crippen LogP contribution in [0.15, 0.2) is 60.8 Å². The average Bonchev–Trinajstić information content (AvgIpc) is 3.13. The number of aliphatic hydroxyl groups excluding tert-OH is 1. The van der Waals surface area contributed by atoms with Crippen LogP contribution in [0.1, 0.15) is 174 Å². The first-order valence-corrected chi connectivity index (χ1v) is 23.6. The predicted octanol–water partition coefficient (Wildman–Crippen LogP) is 11.6. The highest BCUT2D eigenvalue weighted by atomic mass is 31.2. The van der Waals surface area contributed by atoms with E-state index in [1.54, 1.807) is 6.08 Å². The van der Waals surface area contributed by atoms with Gasteiger partial charge in [0.2, 0.25) is 5.91 Å². The molecule has 0 aromatic carbocycles. The minimum atomic E-state index is -4.60. The van der Waals surface area contributed by atoms with Crippen LogP contribution in [0, 0.1) is 0 Å². The fraction of sp³-hybridized carbons (Fsp3) is 0.761. The molecule has 8 nitrogen and oxygen atoms in total. The van der Waals surface area contributed by atoms with Crippen molar-refractivity contribution in [2.24, 2.45) is 0 Å². The standard InChI is InChI=1S/C46H85N2O6P/c1-6-8-10-12-14-16-18-20-22-24-25-27-29-31-33-35-37-39-45(49)44(43-54-55(51,52)53-42-41-48(3,4)5)47-46(50)40-38-36-34-32-30-28-26-23-21-19-17-15-13-11-9-7-2/h17,19,22-24,26,29,31,37,39,44-45,49H,6-16,18,20-21,25,27-28,30,32-36,38,40-43H2,1-5H3,(H-,47,50,51,52)/b19-17-,24-22+,26-23-,31-29+,39-37+. The number of amides is 1. The highest BCUT2D eigenvalue weighted by Crippen LogP contribution is 2.38. The van der Waals surface area contributed by atoms with Crippen LogP contribution in [0.3, 0.4) is 0 Å². The fourth-order valence-corrected chi connectivity index (χ4v) is 6.58. The van der Waals surface area contributed by atoms with E-state index >= 15 is 0 Å². The zero-order valence-corrected chi connectivity index (χ0v) is 37.0. The Kier molecular flexibility index (Phi) is 36.5. The summed E-state index contributed by atoms with van der Waals surface area (Å²) in [5.41, 5.74) is 0. The van der Waals surface area contributed by atoms with Crippen molar-refractivity contribution in [3.63, 3.8) is 0 Å². The largest absolute Gasteiger partial charge is 0.756 e. The van der Waals surface area contributed by atoms with Crippen LogP contribution in [0.2, 0.25) is 0 Å². The number of phosphoric acid groups is 1. The summed E-state index contributed by atoms with van der Waals surface area (Å²) >= 11 is 0. The number of carbonyl (C=O) groups is 1. The number of carbonyl (C=O) groups excluding carboxylic acids is 1. The van der Waals surface area contributed by atoms with E-state index in [1.165, 1.54) is 83.5 Å². The first-order chi connectivity index (χ1) is 26.5. The highest BCUT2D eigenvalue weighted by Gasteiger charge is 2.23. The maximum Gasteiger partial charge on any atom is 0.268 e. The molecule has 0 aromatic rings. The average molecular weight is 793 g/mol. The third-order valence-corrected chi connectivity index (χ3v) is 10.4. The van der Waals surface area contributed by atoms with Crippen molar-refractivity contribution in [1.29, 1.82) is 0 Å². The lowest BCUT2D eigenvalue weighted by atomic mass is 10.1. The Bertz CT molecular complexity index is 1080. The number of unbranched alkanes of at least 4 members (excludes halogenated alkanes) is 18. The quantitative estimate of drug-likeness (QED) is 0.0278. The minimum absolute atomic E-state index is 0.0142. The van der Waals surface area contributed by atoms with E-state index in [2.05, 4.69) is 67.8 Å². The molecule has 3 atom stereocenters. The van der Waals surface area contributed by atoms with E-state index in [0.29, 0.717) is 17.4 Å². The van der Waals surface area contributed by atoms with Crippen molar-refractivity contribution in [2.75, 3.05) is 40.9 Å². The number of quaternary nitrogens is 1. The summed E-state index contributed by atoms with van der Waals surface area (Å²) in [7, 11) is 1.22. The van der Waals surface area contributed by atoms with Gasteiger partial charge in [-0.1, -0.05) is 152 Å². The summed E-state index contributed by atoms with van der Waals surface area (Å²) in [5.74, 6) is -0.228. The van der Waals surface area contributed by atoms with Gasteiger partial charge in [0.1, 0.15) is 13.2 Å². The molecule has 3 unspecified atom stereocenters. The van der Waals surface area contributed by atoms with Crippen molar-refractivity contribution < 1.29 is 32.9 Å². The van der Waals surface area contributed by atoms with Gasteiger partial charge in [0.05, 0.1) is 39.9 Å². The van der Waals surface area contributed by atoms with Gasteiger partial charge >= 0.3 is 0 Å². The summed E-state index contributed by atoms with van der Waals surface area (Å²) in [6, 6.07) is -0.918. The second-order valence-corrected chi connectivity index (χ2v) is 17.4. The lowest BCUT2D eigenvalue weighted by molar-refractivity contribution is -0.870. The molecule has 0 aliphatic heterocycles. The Balaban J connectivity index is 4.56. The first-order valence-electron chi connectivity index (χ1n) is 22.2. The molecule has 0 spiro atoms. The van der Waals surface area contributed by atoms with E-state index < -0.39 is 26.6 Å². The second-order valence-electron chi connectivity index (χ2n) is 16.0. The molecule has 9 heteroatoms. The molecule has 0 aliphatic rings. The van der Waals surface area contributed by atoms with Crippen molar-refractivity contribution in [1.82, 2.24) is 5.32 Å². The number of allylic oxidation sites excluding steroid dienone is 9. The van der Waals surface area contributed by atoms with Crippen LogP contribution in [0.4, 0.5) is 0 Å². The molecule has 0 aromatic heterocycles. The smallest absolute Gasteiger partial charge is 0.268 e. The number of hydrogen-bond donors (Lipinski definition) is 2. The second kappa shape index (κ2) is 37.8. The van der Waals surface area contributed by atoms with E-state index in [9.17, 15) is 19.4 Å². The van der Waals surface area contributed by atoms with Gasteiger partial charge in [-0.05, 0) is 77.0 Å². The highest BCUT2D eigenvalue weighted by molar-refractivity contribution is 7.45. The number of nitrogens with zero attached hydrogens (tertiary/aromatic N) is 1. The van der Waals surface area contributed by atoms with Gasteiger partial charge in [-0.2, -0.15) is 0 Å². The van der Waals surface area contributed by atoms with E-state index in [1.807, 2.05) is 27.2 Å². The maximum atomic E-state index is 12.8. The van der Waals surface area contributed by atoms with Gasteiger partial charge in [-0.25, -0.2) is 0 Å². The van der Waals surface area contributed by atoms with Crippen LogP contribution < -0.4 is 10.2 Å². The number of hydrogen-bond acceptors (Lipinski definition) is 6. The fourth-order valence-electron chi connectivity index (χ4n) is 5.86. The van der Waals surface area contributed by atoms with E-state index in [4.69, 9.17) is 9.05 Å². The van der Waals surface area contributed by atoms with Gasteiger partial charge in [-0.15, -0.1) is 0 Å². The molecule has 0 aliphatic carbocycles.